The van der Waals surface area contributed by atoms with Crippen molar-refractivity contribution in [3.05, 3.63) is 58.1 Å². The van der Waals surface area contributed by atoms with Crippen molar-refractivity contribution in [3.8, 4) is 22.9 Å². The van der Waals surface area contributed by atoms with Crippen LogP contribution < -0.4 is 20.5 Å². The van der Waals surface area contributed by atoms with Gasteiger partial charge in [-0.15, -0.1) is 0 Å². The third-order valence-corrected chi connectivity index (χ3v) is 5.91. The van der Waals surface area contributed by atoms with E-state index in [1.54, 1.807) is 25.1 Å². The van der Waals surface area contributed by atoms with Crippen molar-refractivity contribution in [2.45, 2.75) is 20.8 Å². The molecule has 0 bridgehead atoms. The van der Waals surface area contributed by atoms with E-state index in [1.807, 2.05) is 24.3 Å². The predicted molar refractivity (Wildman–Crippen MR) is 140 cm³/mol. The van der Waals surface area contributed by atoms with Gasteiger partial charge in [0, 0.05) is 17.8 Å². The minimum Gasteiger partial charge on any atom is -0.492 e. The summed E-state index contributed by atoms with van der Waals surface area (Å²) in [4.78, 5) is 23.5. The maximum absolute atomic E-state index is 12.3. The molecule has 1 aromatic heterocycles. The van der Waals surface area contributed by atoms with Gasteiger partial charge in [-0.25, -0.2) is 4.98 Å². The van der Waals surface area contributed by atoms with Crippen molar-refractivity contribution in [2.24, 2.45) is 5.73 Å². The quantitative estimate of drug-likeness (QED) is 0.330. The van der Waals surface area contributed by atoms with E-state index in [-0.39, 0.29) is 29.7 Å². The molecule has 186 valence electrons. The number of carbonyl (C=O) groups excluding carboxylic acids is 1. The van der Waals surface area contributed by atoms with Crippen LogP contribution in [0.3, 0.4) is 0 Å². The lowest BCUT2D eigenvalue weighted by atomic mass is 10.1. The van der Waals surface area contributed by atoms with Crippen LogP contribution in [0.5, 0.6) is 11.6 Å². The minimum atomic E-state index is -0.753. The molecule has 0 saturated carbocycles. The number of rotatable bonds is 12. The van der Waals surface area contributed by atoms with Gasteiger partial charge in [0.1, 0.15) is 17.9 Å². The van der Waals surface area contributed by atoms with E-state index in [9.17, 15) is 4.79 Å². The Bertz CT molecular complexity index is 1130. The number of nitrogens with two attached hydrogens (primary N) is 1. The van der Waals surface area contributed by atoms with Crippen LogP contribution in [-0.4, -0.2) is 53.6 Å². The van der Waals surface area contributed by atoms with E-state index < -0.39 is 5.91 Å². The van der Waals surface area contributed by atoms with Crippen LogP contribution in [-0.2, 0) is 0 Å². The monoisotopic (exact) mass is 517 g/mol. The minimum absolute atomic E-state index is 0.00403. The zero-order valence-corrected chi connectivity index (χ0v) is 21.5. The van der Waals surface area contributed by atoms with Gasteiger partial charge in [0.25, 0.3) is 5.91 Å². The van der Waals surface area contributed by atoms with Crippen LogP contribution in [0.15, 0.2) is 42.5 Å². The molecular weight excluding hydrogens is 489 g/mol. The van der Waals surface area contributed by atoms with E-state index in [0.29, 0.717) is 27.9 Å². The third kappa shape index (κ3) is 6.75. The normalized spacial score (nSPS) is 10.9. The van der Waals surface area contributed by atoms with Gasteiger partial charge < -0.3 is 25.4 Å². The molecular formula is C25H29Cl2N5O3. The Morgan fingerprint density at radius 3 is 2.23 bits per heavy atom. The average molecular weight is 518 g/mol. The second-order valence-electron chi connectivity index (χ2n) is 7.49. The molecule has 0 atom stereocenters. The van der Waals surface area contributed by atoms with Gasteiger partial charge in [-0.1, -0.05) is 43.1 Å². The van der Waals surface area contributed by atoms with Crippen LogP contribution in [0.2, 0.25) is 10.0 Å². The highest BCUT2D eigenvalue weighted by atomic mass is 35.5. The molecule has 0 spiro atoms. The van der Waals surface area contributed by atoms with Gasteiger partial charge in [0.05, 0.1) is 22.3 Å². The van der Waals surface area contributed by atoms with E-state index in [4.69, 9.17) is 38.4 Å². The first-order chi connectivity index (χ1) is 16.9. The van der Waals surface area contributed by atoms with Gasteiger partial charge in [-0.05, 0) is 56.4 Å². The average Bonchev–Trinajstić information content (AvgIpc) is 2.83. The highest BCUT2D eigenvalue weighted by Crippen LogP contribution is 2.38. The number of amides is 1. The van der Waals surface area contributed by atoms with Crippen LogP contribution >= 0.6 is 23.2 Å². The lowest BCUT2D eigenvalue weighted by Gasteiger charge is -2.18. The summed E-state index contributed by atoms with van der Waals surface area (Å²) in [6.45, 7) is 9.75. The summed E-state index contributed by atoms with van der Waals surface area (Å²) in [5, 5.41) is 3.77. The molecule has 3 N–H and O–H groups in total. The Labute approximate surface area is 215 Å². The zero-order chi connectivity index (χ0) is 25.4. The van der Waals surface area contributed by atoms with Crippen LogP contribution in [0.25, 0.3) is 11.3 Å². The Kier molecular flexibility index (Phi) is 9.54. The summed E-state index contributed by atoms with van der Waals surface area (Å²) in [5.41, 5.74) is 6.93. The van der Waals surface area contributed by atoms with E-state index in [0.717, 1.165) is 25.4 Å². The molecule has 0 aliphatic rings. The fourth-order valence-corrected chi connectivity index (χ4v) is 4.04. The standard InChI is InChI=1S/C25H29Cl2N5O3/c1-4-32(5-2)14-15-35-17-12-10-16(11-13-17)29-25-30-22(20-18(26)8-7-9-19(20)27)21(23(28)33)24(31-25)34-6-3/h7-13H,4-6,14-15H2,1-3H3,(H2,28,33)(H,29,30,31). The number of likely N-dealkylation sites (N-methyl/N-ethyl adjacent to an activating group) is 1. The van der Waals surface area contributed by atoms with E-state index in [2.05, 4.69) is 34.0 Å². The molecule has 0 saturated heterocycles. The van der Waals surface area contributed by atoms with Gasteiger partial charge >= 0.3 is 0 Å². The van der Waals surface area contributed by atoms with E-state index >= 15 is 0 Å². The number of halogens is 2. The maximum atomic E-state index is 12.3. The molecule has 35 heavy (non-hydrogen) atoms. The molecule has 8 nitrogen and oxygen atoms in total. The second-order valence-corrected chi connectivity index (χ2v) is 8.31. The smallest absolute Gasteiger partial charge is 0.256 e. The number of primary amides is 1. The molecule has 0 radical (unpaired) electrons. The Morgan fingerprint density at radius 1 is 1.00 bits per heavy atom. The number of hydrogen-bond donors (Lipinski definition) is 2. The molecule has 1 heterocycles. The first kappa shape index (κ1) is 26.5. The molecule has 10 heteroatoms. The number of anilines is 2. The third-order valence-electron chi connectivity index (χ3n) is 5.28. The second kappa shape index (κ2) is 12.6. The van der Waals surface area contributed by atoms with Gasteiger partial charge in [0.15, 0.2) is 0 Å². The van der Waals surface area contributed by atoms with Gasteiger partial charge in [0.2, 0.25) is 11.8 Å². The maximum Gasteiger partial charge on any atom is 0.256 e. The number of ether oxygens (including phenoxy) is 2. The van der Waals surface area contributed by atoms with Gasteiger partial charge in [-0.3, -0.25) is 4.79 Å². The van der Waals surface area contributed by atoms with Crippen LogP contribution in [0.4, 0.5) is 11.6 Å². The Balaban J connectivity index is 1.90. The first-order valence-electron chi connectivity index (χ1n) is 11.4. The summed E-state index contributed by atoms with van der Waals surface area (Å²) in [5.74, 6) is 0.239. The fourth-order valence-electron chi connectivity index (χ4n) is 3.46. The van der Waals surface area contributed by atoms with Crippen molar-refractivity contribution in [3.63, 3.8) is 0 Å². The van der Waals surface area contributed by atoms with Gasteiger partial charge in [-0.2, -0.15) is 4.98 Å². The molecule has 2 aromatic carbocycles. The Morgan fingerprint density at radius 2 is 1.66 bits per heavy atom. The lowest BCUT2D eigenvalue weighted by Crippen LogP contribution is -2.27. The topological polar surface area (TPSA) is 103 Å². The summed E-state index contributed by atoms with van der Waals surface area (Å²) < 4.78 is 11.5. The SMILES string of the molecule is CCOc1nc(Nc2ccc(OCCN(CC)CC)cc2)nc(-c2c(Cl)cccc2Cl)c1C(N)=O. The summed E-state index contributed by atoms with van der Waals surface area (Å²) in [7, 11) is 0. The molecule has 3 rings (SSSR count). The molecule has 0 aliphatic heterocycles. The van der Waals surface area contributed by atoms with Crippen molar-refractivity contribution < 1.29 is 14.3 Å². The van der Waals surface area contributed by atoms with Crippen molar-refractivity contribution in [1.82, 2.24) is 14.9 Å². The van der Waals surface area contributed by atoms with Crippen LogP contribution in [0, 0.1) is 0 Å². The number of hydrogen-bond acceptors (Lipinski definition) is 7. The summed E-state index contributed by atoms with van der Waals surface area (Å²) in [6.07, 6.45) is 0. The molecule has 3 aromatic rings. The molecule has 1 amide bonds. The molecule has 0 unspecified atom stereocenters. The number of carbonyl (C=O) groups is 1. The number of benzene rings is 2. The number of nitrogens with one attached hydrogen (secondary N) is 1. The Hall–Kier alpha value is -3.07. The van der Waals surface area contributed by atoms with Crippen molar-refractivity contribution in [2.75, 3.05) is 38.2 Å². The molecule has 0 aliphatic carbocycles. The van der Waals surface area contributed by atoms with Crippen molar-refractivity contribution >= 4 is 40.7 Å². The number of aromatic nitrogens is 2. The highest BCUT2D eigenvalue weighted by molar-refractivity contribution is 6.39. The number of nitrogens with zero attached hydrogens (tertiary/aromatic N) is 3. The first-order valence-corrected chi connectivity index (χ1v) is 12.1. The van der Waals surface area contributed by atoms with Crippen LogP contribution in [0.1, 0.15) is 31.1 Å². The summed E-state index contributed by atoms with van der Waals surface area (Å²) in [6, 6.07) is 12.4. The highest BCUT2D eigenvalue weighted by Gasteiger charge is 2.24. The fraction of sp³-hybridized carbons (Fsp3) is 0.320. The molecule has 0 fully saturated rings. The summed E-state index contributed by atoms with van der Waals surface area (Å²) >= 11 is 12.8. The van der Waals surface area contributed by atoms with E-state index in [1.165, 1.54) is 0 Å². The van der Waals surface area contributed by atoms with Crippen molar-refractivity contribution in [1.29, 1.82) is 0 Å². The largest absolute Gasteiger partial charge is 0.492 e. The predicted octanol–water partition coefficient (Wildman–Crippen LogP) is 5.41. The zero-order valence-electron chi connectivity index (χ0n) is 20.0. The lowest BCUT2D eigenvalue weighted by molar-refractivity contribution is 0.0996.